The zero-order chi connectivity index (χ0) is 28.1. The van der Waals surface area contributed by atoms with E-state index in [1.54, 1.807) is 6.07 Å². The van der Waals surface area contributed by atoms with Crippen LogP contribution in [0.25, 0.3) is 15.9 Å². The van der Waals surface area contributed by atoms with Gasteiger partial charge in [0.1, 0.15) is 5.75 Å². The Morgan fingerprint density at radius 1 is 1.00 bits per heavy atom. The third-order valence-corrected chi connectivity index (χ3v) is 8.04. The van der Waals surface area contributed by atoms with E-state index >= 15 is 0 Å². The summed E-state index contributed by atoms with van der Waals surface area (Å²) < 4.78 is 8.43. The number of para-hydroxylation sites is 1. The first-order valence-electron chi connectivity index (χ1n) is 12.7. The number of nitrogens with zero attached hydrogens (tertiary/aromatic N) is 4. The van der Waals surface area contributed by atoms with E-state index in [1.807, 2.05) is 86.0 Å². The van der Waals surface area contributed by atoms with E-state index in [2.05, 4.69) is 25.8 Å². The van der Waals surface area contributed by atoms with Crippen LogP contribution >= 0.6 is 23.1 Å². The minimum Gasteiger partial charge on any atom is -0.494 e. The number of anilines is 1. The highest BCUT2D eigenvalue weighted by Gasteiger charge is 2.18. The molecule has 0 aliphatic heterocycles. The molecule has 5 aromatic rings. The van der Waals surface area contributed by atoms with Crippen LogP contribution in [0.4, 0.5) is 5.13 Å². The van der Waals surface area contributed by atoms with E-state index in [1.165, 1.54) is 23.1 Å². The summed E-state index contributed by atoms with van der Waals surface area (Å²) in [5.74, 6) is 0.993. The lowest BCUT2D eigenvalue weighted by atomic mass is 10.1. The summed E-state index contributed by atoms with van der Waals surface area (Å²) in [6, 6.07) is 20.9. The third-order valence-electron chi connectivity index (χ3n) is 6.16. The minimum absolute atomic E-state index is 0.111. The van der Waals surface area contributed by atoms with E-state index in [9.17, 15) is 9.59 Å². The maximum Gasteiger partial charge on any atom is 0.251 e. The SMILES string of the molecule is CCOc1ccc(-n2c(CNC(=O)c3ccc(C)c(C)c3)nnc2SCC(=O)Nc2nc3ccccc3s2)cc1. The second kappa shape index (κ2) is 12.3. The molecule has 9 nitrogen and oxygen atoms in total. The Balaban J connectivity index is 1.32. The highest BCUT2D eigenvalue weighted by Crippen LogP contribution is 2.27. The van der Waals surface area contributed by atoms with Crippen molar-refractivity contribution in [3.63, 3.8) is 0 Å². The second-order valence-electron chi connectivity index (χ2n) is 8.97. The molecule has 0 fully saturated rings. The molecule has 2 N–H and O–H groups in total. The number of thioether (sulfide) groups is 1. The lowest BCUT2D eigenvalue weighted by molar-refractivity contribution is -0.113. The number of carbonyl (C=O) groups excluding carboxylic acids is 2. The Hall–Kier alpha value is -4.22. The molecule has 3 aromatic carbocycles. The van der Waals surface area contributed by atoms with Crippen molar-refractivity contribution in [1.29, 1.82) is 0 Å². The van der Waals surface area contributed by atoms with Crippen molar-refractivity contribution in [2.24, 2.45) is 0 Å². The molecule has 2 amide bonds. The lowest BCUT2D eigenvalue weighted by Crippen LogP contribution is -2.24. The molecule has 0 unspecified atom stereocenters. The van der Waals surface area contributed by atoms with Gasteiger partial charge in [-0.05, 0) is 80.4 Å². The molecule has 0 radical (unpaired) electrons. The number of fused-ring (bicyclic) bond motifs is 1. The summed E-state index contributed by atoms with van der Waals surface area (Å²) in [4.78, 5) is 30.1. The predicted molar refractivity (Wildman–Crippen MR) is 159 cm³/mol. The number of carbonyl (C=O) groups is 2. The average molecular weight is 573 g/mol. The van der Waals surface area contributed by atoms with Crippen LogP contribution in [0.2, 0.25) is 0 Å². The number of thiazole rings is 1. The number of benzene rings is 3. The summed E-state index contributed by atoms with van der Waals surface area (Å²) in [6.07, 6.45) is 0. The van der Waals surface area contributed by atoms with Crippen molar-refractivity contribution in [2.45, 2.75) is 32.5 Å². The van der Waals surface area contributed by atoms with Gasteiger partial charge in [-0.1, -0.05) is 41.3 Å². The van der Waals surface area contributed by atoms with Crippen LogP contribution in [0.15, 0.2) is 71.9 Å². The van der Waals surface area contributed by atoms with Crippen LogP contribution in [0.3, 0.4) is 0 Å². The van der Waals surface area contributed by atoms with Crippen LogP contribution in [0, 0.1) is 13.8 Å². The fourth-order valence-corrected chi connectivity index (χ4v) is 5.63. The zero-order valence-electron chi connectivity index (χ0n) is 22.3. The summed E-state index contributed by atoms with van der Waals surface area (Å²) in [5.41, 5.74) is 4.39. The second-order valence-corrected chi connectivity index (χ2v) is 10.9. The molecule has 5 rings (SSSR count). The molecule has 0 bridgehead atoms. The smallest absolute Gasteiger partial charge is 0.251 e. The van der Waals surface area contributed by atoms with E-state index < -0.39 is 0 Å². The van der Waals surface area contributed by atoms with Gasteiger partial charge in [0, 0.05) is 11.3 Å². The Labute approximate surface area is 240 Å². The summed E-state index contributed by atoms with van der Waals surface area (Å²) in [7, 11) is 0. The number of amides is 2. The average Bonchev–Trinajstić information content (AvgIpc) is 3.56. The van der Waals surface area contributed by atoms with Gasteiger partial charge in [0.15, 0.2) is 16.1 Å². The molecule has 0 spiro atoms. The zero-order valence-corrected chi connectivity index (χ0v) is 23.9. The van der Waals surface area contributed by atoms with Crippen LogP contribution in [0.1, 0.15) is 34.2 Å². The fourth-order valence-electron chi connectivity index (χ4n) is 3.98. The van der Waals surface area contributed by atoms with Gasteiger partial charge < -0.3 is 15.4 Å². The third kappa shape index (κ3) is 6.32. The topological polar surface area (TPSA) is 111 Å². The molecule has 11 heteroatoms. The number of rotatable bonds is 10. The molecule has 0 saturated carbocycles. The summed E-state index contributed by atoms with van der Waals surface area (Å²) >= 11 is 2.68. The largest absolute Gasteiger partial charge is 0.494 e. The van der Waals surface area contributed by atoms with Crippen molar-refractivity contribution in [2.75, 3.05) is 17.7 Å². The quantitative estimate of drug-likeness (QED) is 0.211. The van der Waals surface area contributed by atoms with E-state index in [0.717, 1.165) is 32.8 Å². The molecule has 40 heavy (non-hydrogen) atoms. The summed E-state index contributed by atoms with van der Waals surface area (Å²) in [6.45, 7) is 6.63. The number of aryl methyl sites for hydroxylation is 2. The summed E-state index contributed by atoms with van der Waals surface area (Å²) in [5, 5.41) is 15.6. The molecule has 2 heterocycles. The fraction of sp³-hybridized carbons (Fsp3) is 0.207. The standard InChI is InChI=1S/C29H28N6O3S2/c1-4-38-22-13-11-21(12-14-22)35-25(16-30-27(37)20-10-9-18(2)19(3)15-20)33-34-29(35)39-17-26(36)32-28-31-23-7-5-6-8-24(23)40-28/h5-15H,4,16-17H2,1-3H3,(H,30,37)(H,31,32,36). The van der Waals surface area contributed by atoms with Crippen molar-refractivity contribution in [3.8, 4) is 11.4 Å². The number of hydrogen-bond donors (Lipinski definition) is 2. The monoisotopic (exact) mass is 572 g/mol. The minimum atomic E-state index is -0.200. The van der Waals surface area contributed by atoms with Gasteiger partial charge in [-0.15, -0.1) is 10.2 Å². The van der Waals surface area contributed by atoms with Gasteiger partial charge in [0.05, 0.1) is 29.1 Å². The molecular weight excluding hydrogens is 544 g/mol. The first-order valence-corrected chi connectivity index (χ1v) is 14.5. The predicted octanol–water partition coefficient (Wildman–Crippen LogP) is 5.55. The number of nitrogens with one attached hydrogen (secondary N) is 2. The van der Waals surface area contributed by atoms with E-state index in [4.69, 9.17) is 4.74 Å². The molecule has 0 atom stereocenters. The molecule has 204 valence electrons. The number of aromatic nitrogens is 4. The van der Waals surface area contributed by atoms with Gasteiger partial charge in [-0.25, -0.2) is 4.98 Å². The van der Waals surface area contributed by atoms with Crippen molar-refractivity contribution < 1.29 is 14.3 Å². The van der Waals surface area contributed by atoms with Gasteiger partial charge in [-0.2, -0.15) is 0 Å². The van der Waals surface area contributed by atoms with Crippen molar-refractivity contribution in [3.05, 3.63) is 89.2 Å². The van der Waals surface area contributed by atoms with Crippen molar-refractivity contribution >= 4 is 50.3 Å². The highest BCUT2D eigenvalue weighted by molar-refractivity contribution is 7.99. The number of ether oxygens (including phenoxy) is 1. The Morgan fingerprint density at radius 2 is 1.80 bits per heavy atom. The van der Waals surface area contributed by atoms with Gasteiger partial charge in [0.25, 0.3) is 5.91 Å². The van der Waals surface area contributed by atoms with Crippen LogP contribution in [-0.2, 0) is 11.3 Å². The lowest BCUT2D eigenvalue weighted by Gasteiger charge is -2.12. The maximum absolute atomic E-state index is 12.9. The van der Waals surface area contributed by atoms with E-state index in [0.29, 0.717) is 28.3 Å². The van der Waals surface area contributed by atoms with E-state index in [-0.39, 0.29) is 24.1 Å². The van der Waals surface area contributed by atoms with Crippen LogP contribution < -0.4 is 15.4 Å². The Bertz CT molecular complexity index is 1630. The van der Waals surface area contributed by atoms with Gasteiger partial charge in [-0.3, -0.25) is 14.2 Å². The normalized spacial score (nSPS) is 11.0. The Kier molecular flexibility index (Phi) is 8.42. The first-order chi connectivity index (χ1) is 19.4. The Morgan fingerprint density at radius 3 is 2.55 bits per heavy atom. The molecule has 2 aromatic heterocycles. The van der Waals surface area contributed by atoms with Gasteiger partial charge >= 0.3 is 0 Å². The van der Waals surface area contributed by atoms with Crippen LogP contribution in [0.5, 0.6) is 5.75 Å². The molecule has 0 aliphatic carbocycles. The maximum atomic E-state index is 12.9. The molecular formula is C29H28N6O3S2. The highest BCUT2D eigenvalue weighted by atomic mass is 32.2. The number of hydrogen-bond acceptors (Lipinski definition) is 8. The molecule has 0 aliphatic rings. The van der Waals surface area contributed by atoms with Crippen LogP contribution in [-0.4, -0.2) is 43.9 Å². The van der Waals surface area contributed by atoms with Gasteiger partial charge in [0.2, 0.25) is 5.91 Å². The van der Waals surface area contributed by atoms with Crippen molar-refractivity contribution in [1.82, 2.24) is 25.1 Å². The first kappa shape index (κ1) is 27.4. The molecule has 0 saturated heterocycles.